The van der Waals surface area contributed by atoms with Gasteiger partial charge >= 0.3 is 6.03 Å². The minimum absolute atomic E-state index is 0.218. The molecular formula is C23H29N3O6S. The number of carbonyl (C=O) groups is 2. The van der Waals surface area contributed by atoms with Gasteiger partial charge in [-0.1, -0.05) is 18.2 Å². The third-order valence-electron chi connectivity index (χ3n) is 5.32. The number of fused-ring (bicyclic) bond motifs is 1. The lowest BCUT2D eigenvalue weighted by atomic mass is 10.1. The molecule has 9 nitrogen and oxygen atoms in total. The van der Waals surface area contributed by atoms with Gasteiger partial charge in [0.2, 0.25) is 0 Å². The molecule has 1 N–H and O–H groups in total. The fraction of sp³-hybridized carbons (Fsp3) is 0.391. The molecule has 3 amide bonds. The first-order valence-electron chi connectivity index (χ1n) is 10.4. The predicted octanol–water partition coefficient (Wildman–Crippen LogP) is 2.93. The summed E-state index contributed by atoms with van der Waals surface area (Å²) in [6.07, 6.45) is 1.14. The quantitative estimate of drug-likeness (QED) is 0.629. The van der Waals surface area contributed by atoms with Gasteiger partial charge in [0.1, 0.15) is 9.84 Å². The minimum atomic E-state index is -3.44. The lowest BCUT2D eigenvalue weighted by Crippen LogP contribution is -2.34. The molecule has 0 aromatic heterocycles. The van der Waals surface area contributed by atoms with E-state index in [1.807, 2.05) is 6.92 Å². The van der Waals surface area contributed by atoms with E-state index in [2.05, 4.69) is 5.32 Å². The minimum Gasteiger partial charge on any atom is -0.493 e. The van der Waals surface area contributed by atoms with Crippen molar-refractivity contribution in [3.63, 3.8) is 0 Å². The maximum atomic E-state index is 13.5. The van der Waals surface area contributed by atoms with E-state index >= 15 is 0 Å². The highest BCUT2D eigenvalue weighted by atomic mass is 32.2. The number of benzene rings is 2. The molecule has 2 aromatic rings. The molecule has 0 bridgehead atoms. The zero-order valence-corrected chi connectivity index (χ0v) is 20.2. The number of anilines is 1. The molecule has 0 fully saturated rings. The Bertz CT molecular complexity index is 1160. The Balaban J connectivity index is 2.03. The van der Waals surface area contributed by atoms with E-state index in [4.69, 9.17) is 9.47 Å². The summed E-state index contributed by atoms with van der Waals surface area (Å²) < 4.78 is 35.6. The monoisotopic (exact) mass is 475 g/mol. The molecule has 2 aromatic carbocycles. The summed E-state index contributed by atoms with van der Waals surface area (Å²) in [5, 5.41) is 2.75. The van der Waals surface area contributed by atoms with Crippen LogP contribution in [0.15, 0.2) is 36.4 Å². The fourth-order valence-corrected chi connectivity index (χ4v) is 4.73. The summed E-state index contributed by atoms with van der Waals surface area (Å²) in [4.78, 5) is 28.6. The fourth-order valence-electron chi connectivity index (χ4n) is 3.79. The van der Waals surface area contributed by atoms with Gasteiger partial charge in [-0.05, 0) is 36.2 Å². The summed E-state index contributed by atoms with van der Waals surface area (Å²) >= 11 is 0. The third kappa shape index (κ3) is 5.39. The number of nitrogens with one attached hydrogen (secondary N) is 1. The van der Waals surface area contributed by atoms with Crippen LogP contribution in [-0.2, 0) is 16.4 Å². The second kappa shape index (κ2) is 9.70. The summed E-state index contributed by atoms with van der Waals surface area (Å²) in [5.74, 6) is 0.383. The second-order valence-corrected chi connectivity index (χ2v) is 10.2. The van der Waals surface area contributed by atoms with Crippen LogP contribution in [0.4, 0.5) is 10.5 Å². The molecule has 1 atom stereocenters. The van der Waals surface area contributed by atoms with Crippen molar-refractivity contribution in [2.45, 2.75) is 19.5 Å². The van der Waals surface area contributed by atoms with E-state index in [0.29, 0.717) is 40.5 Å². The van der Waals surface area contributed by atoms with E-state index in [1.165, 1.54) is 16.9 Å². The molecule has 1 heterocycles. The van der Waals surface area contributed by atoms with E-state index in [0.717, 1.165) is 6.26 Å². The average molecular weight is 476 g/mol. The van der Waals surface area contributed by atoms with Crippen LogP contribution < -0.4 is 14.8 Å². The van der Waals surface area contributed by atoms with Crippen LogP contribution in [0.2, 0.25) is 0 Å². The summed E-state index contributed by atoms with van der Waals surface area (Å²) in [7, 11) is 1.29. The molecule has 0 saturated heterocycles. The maximum Gasteiger partial charge on any atom is 0.321 e. The van der Waals surface area contributed by atoms with Gasteiger partial charge in [-0.2, -0.15) is 0 Å². The van der Waals surface area contributed by atoms with E-state index in [-0.39, 0.29) is 24.2 Å². The van der Waals surface area contributed by atoms with Crippen molar-refractivity contribution in [1.82, 2.24) is 9.80 Å². The van der Waals surface area contributed by atoms with Crippen molar-refractivity contribution >= 4 is 27.5 Å². The van der Waals surface area contributed by atoms with Gasteiger partial charge in [-0.25, -0.2) is 13.2 Å². The molecule has 1 aliphatic rings. The molecule has 0 saturated carbocycles. The number of ether oxygens (including phenoxy) is 2. The van der Waals surface area contributed by atoms with Gasteiger partial charge in [-0.3, -0.25) is 4.79 Å². The highest BCUT2D eigenvalue weighted by Crippen LogP contribution is 2.38. The Hall–Kier alpha value is -3.27. The highest BCUT2D eigenvalue weighted by Gasteiger charge is 2.37. The van der Waals surface area contributed by atoms with Crippen LogP contribution in [0.3, 0.4) is 0 Å². The number of hydrogen-bond donors (Lipinski definition) is 1. The Morgan fingerprint density at radius 1 is 1.21 bits per heavy atom. The van der Waals surface area contributed by atoms with Crippen molar-refractivity contribution in [3.8, 4) is 11.5 Å². The molecule has 0 spiro atoms. The number of rotatable bonds is 8. The molecule has 178 valence electrons. The van der Waals surface area contributed by atoms with E-state index in [9.17, 15) is 18.0 Å². The normalized spacial score (nSPS) is 14.0. The van der Waals surface area contributed by atoms with Crippen molar-refractivity contribution < 1.29 is 27.5 Å². The smallest absolute Gasteiger partial charge is 0.321 e. The number of carbonyl (C=O) groups excluding carboxylic acids is 2. The Morgan fingerprint density at radius 3 is 2.55 bits per heavy atom. The first kappa shape index (κ1) is 24.4. The molecule has 3 rings (SSSR count). The summed E-state index contributed by atoms with van der Waals surface area (Å²) in [6.45, 7) is 2.46. The molecule has 0 radical (unpaired) electrons. The number of sulfone groups is 1. The maximum absolute atomic E-state index is 13.5. The molecular weight excluding hydrogens is 446 g/mol. The summed E-state index contributed by atoms with van der Waals surface area (Å²) in [5.41, 5.74) is 2.09. The van der Waals surface area contributed by atoms with Crippen molar-refractivity contribution in [2.75, 3.05) is 45.1 Å². The average Bonchev–Trinajstić information content (AvgIpc) is 3.09. The van der Waals surface area contributed by atoms with Crippen molar-refractivity contribution in [1.29, 1.82) is 0 Å². The molecule has 33 heavy (non-hydrogen) atoms. The molecule has 1 unspecified atom stereocenters. The molecule has 10 heteroatoms. The van der Waals surface area contributed by atoms with Gasteiger partial charge < -0.3 is 24.6 Å². The van der Waals surface area contributed by atoms with Crippen LogP contribution >= 0.6 is 0 Å². The number of amides is 3. The molecule has 0 aliphatic carbocycles. The Labute approximate surface area is 194 Å². The number of hydrogen-bond acceptors (Lipinski definition) is 6. The SMILES string of the molecule is CCOc1cc(C(CS(C)(=O)=O)N2Cc3cccc(NC(=O)N(C)C)c3C2=O)ccc1OC. The zero-order chi connectivity index (χ0) is 24.3. The first-order valence-corrected chi connectivity index (χ1v) is 12.5. The number of nitrogens with zero attached hydrogens (tertiary/aromatic N) is 2. The molecule has 1 aliphatic heterocycles. The van der Waals surface area contributed by atoms with Crippen LogP contribution in [-0.4, -0.2) is 70.0 Å². The van der Waals surface area contributed by atoms with E-state index in [1.54, 1.807) is 50.5 Å². The lowest BCUT2D eigenvalue weighted by Gasteiger charge is -2.28. The van der Waals surface area contributed by atoms with Crippen molar-refractivity contribution in [3.05, 3.63) is 53.1 Å². The van der Waals surface area contributed by atoms with Gasteiger partial charge in [-0.15, -0.1) is 0 Å². The standard InChI is InChI=1S/C23H29N3O6S/c1-6-32-20-12-15(10-11-19(20)31-4)18(14-33(5,29)30)26-13-16-8-7-9-17(21(16)22(26)27)24-23(28)25(2)3/h7-12,18H,6,13-14H2,1-5H3,(H,24,28). The van der Waals surface area contributed by atoms with Crippen LogP contribution in [0, 0.1) is 0 Å². The number of methoxy groups -OCH3 is 1. The second-order valence-electron chi connectivity index (χ2n) is 8.05. The Morgan fingerprint density at radius 2 is 1.94 bits per heavy atom. The lowest BCUT2D eigenvalue weighted by molar-refractivity contribution is 0.0719. The number of urea groups is 1. The van der Waals surface area contributed by atoms with Gasteiger partial charge in [0.05, 0.1) is 36.8 Å². The highest BCUT2D eigenvalue weighted by molar-refractivity contribution is 7.90. The summed E-state index contributed by atoms with van der Waals surface area (Å²) in [6, 6.07) is 9.26. The van der Waals surface area contributed by atoms with Crippen LogP contribution in [0.1, 0.15) is 34.5 Å². The Kier molecular flexibility index (Phi) is 7.16. The topological polar surface area (TPSA) is 105 Å². The first-order chi connectivity index (χ1) is 15.6. The van der Waals surface area contributed by atoms with Crippen LogP contribution in [0.5, 0.6) is 11.5 Å². The largest absolute Gasteiger partial charge is 0.493 e. The van der Waals surface area contributed by atoms with Crippen LogP contribution in [0.25, 0.3) is 0 Å². The van der Waals surface area contributed by atoms with Gasteiger partial charge in [0.25, 0.3) is 5.91 Å². The van der Waals surface area contributed by atoms with Gasteiger partial charge in [0.15, 0.2) is 11.5 Å². The zero-order valence-electron chi connectivity index (χ0n) is 19.4. The van der Waals surface area contributed by atoms with E-state index < -0.39 is 15.9 Å². The van der Waals surface area contributed by atoms with Gasteiger partial charge in [0, 0.05) is 26.9 Å². The predicted molar refractivity (Wildman–Crippen MR) is 126 cm³/mol. The third-order valence-corrected chi connectivity index (χ3v) is 6.24. The van der Waals surface area contributed by atoms with Crippen molar-refractivity contribution in [2.24, 2.45) is 0 Å².